The van der Waals surface area contributed by atoms with E-state index in [9.17, 15) is 0 Å². The molecule has 0 spiro atoms. The van der Waals surface area contributed by atoms with Crippen molar-refractivity contribution in [2.75, 3.05) is 60.4 Å². The van der Waals surface area contributed by atoms with Crippen LogP contribution in [0.25, 0.3) is 0 Å². The fourth-order valence-corrected chi connectivity index (χ4v) is 3.25. The number of halogens is 2. The molecule has 0 aromatic heterocycles. The second-order valence-corrected chi connectivity index (χ2v) is 7.56. The van der Waals surface area contributed by atoms with Crippen molar-refractivity contribution >= 4 is 41.5 Å². The number of hydrogen-bond acceptors (Lipinski definition) is 3. The molecular formula is C19H33ClIN5. The normalized spacial score (nSPS) is 17.5. The number of piperazine rings is 1. The van der Waals surface area contributed by atoms with Gasteiger partial charge in [0, 0.05) is 64.9 Å². The van der Waals surface area contributed by atoms with E-state index in [1.54, 1.807) is 0 Å². The molecule has 1 unspecified atom stereocenters. The third-order valence-corrected chi connectivity index (χ3v) is 4.93. The first-order valence-corrected chi connectivity index (χ1v) is 9.43. The Bertz CT molecular complexity index is 543. The van der Waals surface area contributed by atoms with Crippen molar-refractivity contribution in [3.8, 4) is 0 Å². The van der Waals surface area contributed by atoms with E-state index in [4.69, 9.17) is 11.6 Å². The van der Waals surface area contributed by atoms with E-state index in [1.807, 2.05) is 19.2 Å². The summed E-state index contributed by atoms with van der Waals surface area (Å²) in [5.74, 6) is 1.52. The molecule has 1 heterocycles. The van der Waals surface area contributed by atoms with Gasteiger partial charge in [0.05, 0.1) is 0 Å². The maximum absolute atomic E-state index is 5.95. The van der Waals surface area contributed by atoms with Gasteiger partial charge < -0.3 is 20.0 Å². The standard InChI is InChI=1S/C19H32ClN5.HI/c1-16(14-25-11-9-23(3)10-12-25)13-22-19(21-2)24(4)15-17-5-7-18(20)8-6-17;/h5-8,16H,9-15H2,1-4H3,(H,21,22);1H. The molecule has 0 amide bonds. The van der Waals surface area contributed by atoms with Crippen LogP contribution in [-0.2, 0) is 6.54 Å². The molecule has 148 valence electrons. The van der Waals surface area contributed by atoms with Crippen molar-refractivity contribution in [2.24, 2.45) is 10.9 Å². The topological polar surface area (TPSA) is 34.1 Å². The summed E-state index contributed by atoms with van der Waals surface area (Å²) >= 11 is 5.95. The van der Waals surface area contributed by atoms with Crippen molar-refractivity contribution in [3.05, 3.63) is 34.9 Å². The van der Waals surface area contributed by atoms with Crippen LogP contribution in [0.3, 0.4) is 0 Å². The molecule has 2 rings (SSSR count). The first kappa shape index (κ1) is 23.5. The summed E-state index contributed by atoms with van der Waals surface area (Å²) in [5, 5.41) is 4.28. The van der Waals surface area contributed by atoms with Crippen LogP contribution in [-0.4, -0.2) is 81.1 Å². The van der Waals surface area contributed by atoms with Gasteiger partial charge >= 0.3 is 0 Å². The molecule has 0 saturated carbocycles. The molecule has 1 aliphatic rings. The zero-order chi connectivity index (χ0) is 18.2. The van der Waals surface area contributed by atoms with Gasteiger partial charge in [-0.1, -0.05) is 30.7 Å². The van der Waals surface area contributed by atoms with Crippen LogP contribution in [0.15, 0.2) is 29.3 Å². The molecule has 7 heteroatoms. The van der Waals surface area contributed by atoms with E-state index < -0.39 is 0 Å². The predicted molar refractivity (Wildman–Crippen MR) is 123 cm³/mol. The lowest BCUT2D eigenvalue weighted by Crippen LogP contribution is -2.47. The quantitative estimate of drug-likeness (QED) is 0.375. The average molecular weight is 494 g/mol. The summed E-state index contributed by atoms with van der Waals surface area (Å²) < 4.78 is 0. The van der Waals surface area contributed by atoms with Gasteiger partial charge in [0.2, 0.25) is 0 Å². The molecule has 5 nitrogen and oxygen atoms in total. The van der Waals surface area contributed by atoms with E-state index in [0.717, 1.165) is 30.6 Å². The molecule has 0 aliphatic carbocycles. The summed E-state index contributed by atoms with van der Waals surface area (Å²) in [7, 11) is 6.10. The Labute approximate surface area is 180 Å². The molecule has 26 heavy (non-hydrogen) atoms. The Kier molecular flexibility index (Phi) is 10.8. The molecule has 1 saturated heterocycles. The predicted octanol–water partition coefficient (Wildman–Crippen LogP) is 2.85. The first-order chi connectivity index (χ1) is 12.0. The Balaban J connectivity index is 0.00000338. The van der Waals surface area contributed by atoms with Crippen LogP contribution in [0.4, 0.5) is 0 Å². The Morgan fingerprint density at radius 1 is 1.23 bits per heavy atom. The maximum Gasteiger partial charge on any atom is 0.193 e. The number of guanidine groups is 1. The second kappa shape index (κ2) is 12.0. The van der Waals surface area contributed by atoms with Crippen LogP contribution in [0.5, 0.6) is 0 Å². The minimum absolute atomic E-state index is 0. The van der Waals surface area contributed by atoms with Gasteiger partial charge in [0.1, 0.15) is 0 Å². The average Bonchev–Trinajstić information content (AvgIpc) is 2.59. The largest absolute Gasteiger partial charge is 0.356 e. The Morgan fingerprint density at radius 3 is 2.42 bits per heavy atom. The smallest absolute Gasteiger partial charge is 0.193 e. The molecule has 0 bridgehead atoms. The number of nitrogens with one attached hydrogen (secondary N) is 1. The molecular weight excluding hydrogens is 461 g/mol. The van der Waals surface area contributed by atoms with Crippen LogP contribution in [0, 0.1) is 5.92 Å². The zero-order valence-corrected chi connectivity index (χ0v) is 19.5. The first-order valence-electron chi connectivity index (χ1n) is 9.05. The monoisotopic (exact) mass is 493 g/mol. The molecule has 1 N–H and O–H groups in total. The summed E-state index contributed by atoms with van der Waals surface area (Å²) in [6, 6.07) is 7.97. The number of likely N-dealkylation sites (N-methyl/N-ethyl adjacent to an activating group) is 1. The van der Waals surface area contributed by atoms with Crippen LogP contribution < -0.4 is 5.32 Å². The highest BCUT2D eigenvalue weighted by Gasteiger charge is 2.16. The molecule has 1 aromatic rings. The van der Waals surface area contributed by atoms with Gasteiger partial charge in [0.25, 0.3) is 0 Å². The molecule has 0 radical (unpaired) electrons. The Morgan fingerprint density at radius 2 is 1.85 bits per heavy atom. The highest BCUT2D eigenvalue weighted by molar-refractivity contribution is 14.0. The summed E-state index contributed by atoms with van der Waals surface area (Å²) in [6.45, 7) is 9.87. The molecule has 1 fully saturated rings. The zero-order valence-electron chi connectivity index (χ0n) is 16.4. The highest BCUT2D eigenvalue weighted by atomic mass is 127. The number of benzene rings is 1. The molecule has 1 atom stereocenters. The maximum atomic E-state index is 5.95. The van der Waals surface area contributed by atoms with E-state index in [2.05, 4.69) is 58.2 Å². The van der Waals surface area contributed by atoms with Gasteiger partial charge in [-0.2, -0.15) is 0 Å². The van der Waals surface area contributed by atoms with Crippen LogP contribution in [0.1, 0.15) is 12.5 Å². The minimum Gasteiger partial charge on any atom is -0.356 e. The number of rotatable bonds is 6. The summed E-state index contributed by atoms with van der Waals surface area (Å²) in [4.78, 5) is 11.5. The fraction of sp³-hybridized carbons (Fsp3) is 0.632. The van der Waals surface area contributed by atoms with Crippen LogP contribution >= 0.6 is 35.6 Å². The molecule has 1 aromatic carbocycles. The van der Waals surface area contributed by atoms with Crippen molar-refractivity contribution in [1.82, 2.24) is 20.0 Å². The number of hydrogen-bond donors (Lipinski definition) is 1. The third kappa shape index (κ3) is 7.98. The lowest BCUT2D eigenvalue weighted by atomic mass is 10.1. The van der Waals surface area contributed by atoms with E-state index in [0.29, 0.717) is 5.92 Å². The van der Waals surface area contributed by atoms with Crippen molar-refractivity contribution < 1.29 is 0 Å². The fourth-order valence-electron chi connectivity index (χ4n) is 3.12. The Hall–Kier alpha value is -0.570. The minimum atomic E-state index is 0. The van der Waals surface area contributed by atoms with Crippen molar-refractivity contribution in [3.63, 3.8) is 0 Å². The van der Waals surface area contributed by atoms with Gasteiger partial charge in [-0.05, 0) is 30.7 Å². The SMILES string of the molecule is CN=C(NCC(C)CN1CCN(C)CC1)N(C)Cc1ccc(Cl)cc1.I. The van der Waals surface area contributed by atoms with Gasteiger partial charge in [-0.15, -0.1) is 24.0 Å². The van der Waals surface area contributed by atoms with E-state index in [-0.39, 0.29) is 24.0 Å². The number of nitrogens with zero attached hydrogens (tertiary/aromatic N) is 4. The van der Waals surface area contributed by atoms with Gasteiger partial charge in [-0.3, -0.25) is 4.99 Å². The van der Waals surface area contributed by atoms with E-state index in [1.165, 1.54) is 31.7 Å². The van der Waals surface area contributed by atoms with Crippen LogP contribution in [0.2, 0.25) is 5.02 Å². The summed E-state index contributed by atoms with van der Waals surface area (Å²) in [6.07, 6.45) is 0. The third-order valence-electron chi connectivity index (χ3n) is 4.68. The van der Waals surface area contributed by atoms with Crippen molar-refractivity contribution in [1.29, 1.82) is 0 Å². The van der Waals surface area contributed by atoms with Gasteiger partial charge in [0.15, 0.2) is 5.96 Å². The van der Waals surface area contributed by atoms with E-state index >= 15 is 0 Å². The molecule has 1 aliphatic heterocycles. The van der Waals surface area contributed by atoms with Gasteiger partial charge in [-0.25, -0.2) is 0 Å². The highest BCUT2D eigenvalue weighted by Crippen LogP contribution is 2.11. The van der Waals surface area contributed by atoms with Crippen molar-refractivity contribution in [2.45, 2.75) is 13.5 Å². The number of aliphatic imine (C=N–C) groups is 1. The lowest BCUT2D eigenvalue weighted by molar-refractivity contribution is 0.139. The second-order valence-electron chi connectivity index (χ2n) is 7.12. The lowest BCUT2D eigenvalue weighted by Gasteiger charge is -2.34. The summed E-state index contributed by atoms with van der Waals surface area (Å²) in [5.41, 5.74) is 1.22.